The van der Waals surface area contributed by atoms with E-state index < -0.39 is 0 Å². The molecule has 1 aromatic heterocycles. The average molecular weight is 424 g/mol. The molecule has 164 valence electrons. The number of morpholine rings is 1. The van der Waals surface area contributed by atoms with Crippen LogP contribution < -0.4 is 15.1 Å². The van der Waals surface area contributed by atoms with E-state index in [0.29, 0.717) is 23.7 Å². The zero-order valence-corrected chi connectivity index (χ0v) is 18.0. The molecule has 1 fully saturated rings. The van der Waals surface area contributed by atoms with Crippen LogP contribution in [0, 0.1) is 0 Å². The molecular weight excluding hydrogens is 394 g/mol. The highest BCUT2D eigenvalue weighted by Crippen LogP contribution is 2.36. The molecule has 6 nitrogen and oxygen atoms in total. The molecule has 0 unspecified atom stereocenters. The first-order valence-electron chi connectivity index (χ1n) is 10.9. The van der Waals surface area contributed by atoms with Gasteiger partial charge in [0.25, 0.3) is 0 Å². The number of methoxy groups -OCH3 is 1. The summed E-state index contributed by atoms with van der Waals surface area (Å²) in [5.74, 6) is 1.23. The Balaban J connectivity index is 1.44. The Kier molecular flexibility index (Phi) is 7.22. The Morgan fingerprint density at radius 2 is 1.77 bits per heavy atom. The van der Waals surface area contributed by atoms with Gasteiger partial charge in [0.2, 0.25) is 0 Å². The number of fused-ring (bicyclic) bond motifs is 1. The second-order valence-corrected chi connectivity index (χ2v) is 7.71. The quantitative estimate of drug-likeness (QED) is 0.377. The van der Waals surface area contributed by atoms with Crippen molar-refractivity contribution in [3.8, 4) is 22.6 Å². The Morgan fingerprint density at radius 3 is 2.55 bits per heavy atom. The predicted octanol–water partition coefficient (Wildman–Crippen LogP) is 4.35. The van der Waals surface area contributed by atoms with E-state index in [1.807, 2.05) is 36.4 Å². The summed E-state index contributed by atoms with van der Waals surface area (Å²) in [7, 11) is 1.59. The third kappa shape index (κ3) is 5.46. The highest BCUT2D eigenvalue weighted by atomic mass is 16.5. The molecule has 2 heterocycles. The second-order valence-electron chi connectivity index (χ2n) is 7.71. The van der Waals surface area contributed by atoms with Gasteiger partial charge in [-0.05, 0) is 43.0 Å². The van der Waals surface area contributed by atoms with Gasteiger partial charge in [0.15, 0.2) is 11.5 Å². The smallest absolute Gasteiger partial charge is 0.336 e. The summed E-state index contributed by atoms with van der Waals surface area (Å²) in [5.41, 5.74) is 1.88. The first kappa shape index (κ1) is 21.4. The van der Waals surface area contributed by atoms with Crippen LogP contribution in [0.4, 0.5) is 0 Å². The van der Waals surface area contributed by atoms with Crippen LogP contribution in [0.25, 0.3) is 22.1 Å². The third-order valence-corrected chi connectivity index (χ3v) is 5.59. The largest absolute Gasteiger partial charge is 0.493 e. The predicted molar refractivity (Wildman–Crippen MR) is 121 cm³/mol. The van der Waals surface area contributed by atoms with Crippen molar-refractivity contribution >= 4 is 11.0 Å². The number of unbranched alkanes of at least 4 members (excludes halogenated alkanes) is 2. The fourth-order valence-corrected chi connectivity index (χ4v) is 3.92. The van der Waals surface area contributed by atoms with Crippen molar-refractivity contribution in [1.29, 1.82) is 0 Å². The van der Waals surface area contributed by atoms with Crippen molar-refractivity contribution in [2.75, 3.05) is 46.6 Å². The number of hydrogen-bond donors (Lipinski definition) is 0. The Morgan fingerprint density at radius 1 is 0.968 bits per heavy atom. The van der Waals surface area contributed by atoms with Gasteiger partial charge in [-0.15, -0.1) is 0 Å². The summed E-state index contributed by atoms with van der Waals surface area (Å²) in [5, 5.41) is 0.828. The molecule has 3 aromatic rings. The van der Waals surface area contributed by atoms with Crippen LogP contribution in [0.15, 0.2) is 57.7 Å². The Labute approximate surface area is 182 Å². The van der Waals surface area contributed by atoms with Crippen molar-refractivity contribution in [2.45, 2.75) is 19.3 Å². The van der Waals surface area contributed by atoms with Crippen LogP contribution in [0.5, 0.6) is 11.5 Å². The normalized spacial score (nSPS) is 14.6. The second kappa shape index (κ2) is 10.5. The van der Waals surface area contributed by atoms with Gasteiger partial charge in [-0.3, -0.25) is 4.90 Å². The standard InChI is InChI=1S/C25H29NO5/c1-28-23-18-22-21(20(17-25(27)31-22)19-8-4-2-5-9-19)16-24(23)30-13-7-3-6-10-26-11-14-29-15-12-26/h2,4-5,8-9,16-18H,3,6-7,10-15H2,1H3. The molecule has 0 saturated carbocycles. The maximum atomic E-state index is 12.1. The van der Waals surface area contributed by atoms with E-state index in [0.717, 1.165) is 68.6 Å². The monoisotopic (exact) mass is 423 g/mol. The molecule has 0 radical (unpaired) electrons. The molecule has 1 aliphatic rings. The van der Waals surface area contributed by atoms with Crippen LogP contribution >= 0.6 is 0 Å². The lowest BCUT2D eigenvalue weighted by molar-refractivity contribution is 0.0370. The molecule has 0 atom stereocenters. The minimum absolute atomic E-state index is 0.387. The molecular formula is C25H29NO5. The van der Waals surface area contributed by atoms with Gasteiger partial charge in [0.1, 0.15) is 5.58 Å². The van der Waals surface area contributed by atoms with Crippen LogP contribution in [-0.4, -0.2) is 51.5 Å². The molecule has 0 N–H and O–H groups in total. The maximum absolute atomic E-state index is 12.1. The van der Waals surface area contributed by atoms with E-state index in [-0.39, 0.29) is 5.63 Å². The molecule has 0 spiro atoms. The molecule has 2 aromatic carbocycles. The topological polar surface area (TPSA) is 61.1 Å². The molecule has 1 aliphatic heterocycles. The number of nitrogens with zero attached hydrogens (tertiary/aromatic N) is 1. The van der Waals surface area contributed by atoms with Gasteiger partial charge in [0, 0.05) is 30.6 Å². The van der Waals surface area contributed by atoms with Crippen molar-refractivity contribution in [1.82, 2.24) is 4.90 Å². The number of rotatable bonds is 9. The van der Waals surface area contributed by atoms with E-state index in [2.05, 4.69) is 4.90 Å². The van der Waals surface area contributed by atoms with Gasteiger partial charge in [-0.25, -0.2) is 4.79 Å². The summed E-state index contributed by atoms with van der Waals surface area (Å²) in [4.78, 5) is 14.6. The lowest BCUT2D eigenvalue weighted by Crippen LogP contribution is -2.36. The summed E-state index contributed by atoms with van der Waals surface area (Å²) < 4.78 is 22.4. The maximum Gasteiger partial charge on any atom is 0.336 e. The van der Waals surface area contributed by atoms with E-state index >= 15 is 0 Å². The molecule has 0 bridgehead atoms. The van der Waals surface area contributed by atoms with Crippen molar-refractivity contribution < 1.29 is 18.6 Å². The molecule has 31 heavy (non-hydrogen) atoms. The van der Waals surface area contributed by atoms with E-state index in [4.69, 9.17) is 18.6 Å². The summed E-state index contributed by atoms with van der Waals surface area (Å²) in [6.45, 7) is 5.48. The number of benzene rings is 2. The van der Waals surface area contributed by atoms with Crippen LogP contribution in [-0.2, 0) is 4.74 Å². The lowest BCUT2D eigenvalue weighted by Gasteiger charge is -2.26. The molecule has 6 heteroatoms. The van der Waals surface area contributed by atoms with Gasteiger partial charge in [0.05, 0.1) is 26.9 Å². The average Bonchev–Trinajstić information content (AvgIpc) is 2.81. The van der Waals surface area contributed by atoms with Gasteiger partial charge in [-0.2, -0.15) is 0 Å². The van der Waals surface area contributed by atoms with Crippen LogP contribution in [0.1, 0.15) is 19.3 Å². The van der Waals surface area contributed by atoms with Gasteiger partial charge < -0.3 is 18.6 Å². The molecule has 0 amide bonds. The first-order chi connectivity index (χ1) is 15.2. The zero-order chi connectivity index (χ0) is 21.5. The van der Waals surface area contributed by atoms with E-state index in [9.17, 15) is 4.79 Å². The fraction of sp³-hybridized carbons (Fsp3) is 0.400. The van der Waals surface area contributed by atoms with Crippen LogP contribution in [0.3, 0.4) is 0 Å². The van der Waals surface area contributed by atoms with Gasteiger partial charge >= 0.3 is 5.63 Å². The number of hydrogen-bond acceptors (Lipinski definition) is 6. The molecule has 1 saturated heterocycles. The minimum Gasteiger partial charge on any atom is -0.493 e. The van der Waals surface area contributed by atoms with Gasteiger partial charge in [-0.1, -0.05) is 30.3 Å². The summed E-state index contributed by atoms with van der Waals surface area (Å²) in [6, 6.07) is 15.0. The summed E-state index contributed by atoms with van der Waals surface area (Å²) in [6.07, 6.45) is 3.24. The highest BCUT2D eigenvalue weighted by molar-refractivity contribution is 5.95. The minimum atomic E-state index is -0.387. The van der Waals surface area contributed by atoms with Crippen molar-refractivity contribution in [3.05, 3.63) is 59.0 Å². The highest BCUT2D eigenvalue weighted by Gasteiger charge is 2.14. The fourth-order valence-electron chi connectivity index (χ4n) is 3.92. The Hall–Kier alpha value is -2.83. The zero-order valence-electron chi connectivity index (χ0n) is 18.0. The lowest BCUT2D eigenvalue weighted by atomic mass is 10.0. The Bertz CT molecular complexity index is 1040. The SMILES string of the molecule is COc1cc2oc(=O)cc(-c3ccccc3)c2cc1OCCCCCN1CCOCC1. The van der Waals surface area contributed by atoms with E-state index in [1.54, 1.807) is 13.2 Å². The number of ether oxygens (including phenoxy) is 3. The molecule has 4 rings (SSSR count). The van der Waals surface area contributed by atoms with E-state index in [1.165, 1.54) is 6.07 Å². The summed E-state index contributed by atoms with van der Waals surface area (Å²) >= 11 is 0. The van der Waals surface area contributed by atoms with Crippen molar-refractivity contribution in [3.63, 3.8) is 0 Å². The molecule has 0 aliphatic carbocycles. The first-order valence-corrected chi connectivity index (χ1v) is 10.9. The van der Waals surface area contributed by atoms with Crippen LogP contribution in [0.2, 0.25) is 0 Å². The third-order valence-electron chi connectivity index (χ3n) is 5.59. The van der Waals surface area contributed by atoms with Crippen molar-refractivity contribution in [2.24, 2.45) is 0 Å².